The Morgan fingerprint density at radius 2 is 1.90 bits per heavy atom. The van der Waals surface area contributed by atoms with Gasteiger partial charge in [0.1, 0.15) is 0 Å². The highest BCUT2D eigenvalue weighted by atomic mass is 32.1. The average molecular weight is 150 g/mol. The molecule has 0 bridgehead atoms. The summed E-state index contributed by atoms with van der Waals surface area (Å²) in [5, 5.41) is 1.75. The topological polar surface area (TPSA) is 0 Å². The SMILES string of the molecule is Cc1ccc(CC=S)cc1. The van der Waals surface area contributed by atoms with E-state index in [1.807, 2.05) is 0 Å². The summed E-state index contributed by atoms with van der Waals surface area (Å²) in [5.41, 5.74) is 2.59. The van der Waals surface area contributed by atoms with Crippen molar-refractivity contribution in [2.75, 3.05) is 0 Å². The molecule has 0 spiro atoms. The summed E-state index contributed by atoms with van der Waals surface area (Å²) >= 11 is 4.74. The zero-order valence-corrected chi connectivity index (χ0v) is 6.82. The fourth-order valence-electron chi connectivity index (χ4n) is 0.820. The first-order valence-corrected chi connectivity index (χ1v) is 3.79. The minimum Gasteiger partial charge on any atom is -0.0931 e. The van der Waals surface area contributed by atoms with E-state index in [1.165, 1.54) is 11.1 Å². The van der Waals surface area contributed by atoms with Crippen LogP contribution in [0.3, 0.4) is 0 Å². The fourth-order valence-corrected chi connectivity index (χ4v) is 1.01. The standard InChI is InChI=1S/C9H10S/c1-8-2-4-9(5-3-8)6-7-10/h2-5,7H,6H2,1H3. The molecule has 10 heavy (non-hydrogen) atoms. The first-order chi connectivity index (χ1) is 4.83. The van der Waals surface area contributed by atoms with Crippen molar-refractivity contribution in [3.05, 3.63) is 35.4 Å². The van der Waals surface area contributed by atoms with Gasteiger partial charge >= 0.3 is 0 Å². The van der Waals surface area contributed by atoms with Crippen molar-refractivity contribution in [2.24, 2.45) is 0 Å². The van der Waals surface area contributed by atoms with Crippen LogP contribution < -0.4 is 0 Å². The Kier molecular flexibility index (Phi) is 2.57. The highest BCUT2D eigenvalue weighted by molar-refractivity contribution is 7.78. The summed E-state index contributed by atoms with van der Waals surface area (Å²) in [4.78, 5) is 0. The van der Waals surface area contributed by atoms with Gasteiger partial charge in [-0.2, -0.15) is 0 Å². The Labute approximate surface area is 66.9 Å². The van der Waals surface area contributed by atoms with Gasteiger partial charge in [-0.1, -0.05) is 42.0 Å². The Morgan fingerprint density at radius 1 is 1.30 bits per heavy atom. The molecule has 0 aliphatic carbocycles. The van der Waals surface area contributed by atoms with Crippen LogP contribution in [0.25, 0.3) is 0 Å². The zero-order chi connectivity index (χ0) is 7.40. The molecule has 0 atom stereocenters. The Bertz CT molecular complexity index is 211. The van der Waals surface area contributed by atoms with Crippen LogP contribution in [0.15, 0.2) is 24.3 Å². The van der Waals surface area contributed by atoms with Crippen LogP contribution in [0.1, 0.15) is 11.1 Å². The molecule has 1 heteroatoms. The predicted octanol–water partition coefficient (Wildman–Crippen LogP) is 2.54. The maximum Gasteiger partial charge on any atom is 0.000774 e. The molecule has 0 nitrogen and oxygen atoms in total. The quantitative estimate of drug-likeness (QED) is 0.584. The van der Waals surface area contributed by atoms with E-state index in [9.17, 15) is 0 Å². The molecule has 0 radical (unpaired) electrons. The molecule has 52 valence electrons. The molecule has 1 aromatic carbocycles. The van der Waals surface area contributed by atoms with E-state index in [0.29, 0.717) is 0 Å². The summed E-state index contributed by atoms with van der Waals surface area (Å²) in [6.07, 6.45) is 0.898. The average Bonchev–Trinajstić information content (AvgIpc) is 1.95. The first-order valence-electron chi connectivity index (χ1n) is 3.32. The highest BCUT2D eigenvalue weighted by Crippen LogP contribution is 2.02. The number of aryl methyl sites for hydroxylation is 1. The van der Waals surface area contributed by atoms with Gasteiger partial charge in [0.2, 0.25) is 0 Å². The van der Waals surface area contributed by atoms with Crippen LogP contribution in [0.2, 0.25) is 0 Å². The maximum absolute atomic E-state index is 4.74. The van der Waals surface area contributed by atoms with E-state index in [2.05, 4.69) is 31.2 Å². The summed E-state index contributed by atoms with van der Waals surface area (Å²) in [6.45, 7) is 2.08. The Balaban J connectivity index is 2.78. The van der Waals surface area contributed by atoms with E-state index in [1.54, 1.807) is 5.37 Å². The third-order valence-electron chi connectivity index (χ3n) is 1.44. The lowest BCUT2D eigenvalue weighted by molar-refractivity contribution is 1.34. The largest absolute Gasteiger partial charge is 0.0931 e. The molecular formula is C9H10S. The van der Waals surface area contributed by atoms with Gasteiger partial charge in [0.05, 0.1) is 0 Å². The van der Waals surface area contributed by atoms with Crippen LogP contribution in [0, 0.1) is 6.92 Å². The predicted molar refractivity (Wildman–Crippen MR) is 48.5 cm³/mol. The maximum atomic E-state index is 4.74. The smallest absolute Gasteiger partial charge is 0.000774 e. The molecule has 0 aliphatic heterocycles. The van der Waals surface area contributed by atoms with Crippen molar-refractivity contribution >= 4 is 17.6 Å². The number of benzene rings is 1. The third kappa shape index (κ3) is 1.92. The molecule has 0 amide bonds. The van der Waals surface area contributed by atoms with Crippen LogP contribution in [-0.4, -0.2) is 5.37 Å². The van der Waals surface area contributed by atoms with Crippen molar-refractivity contribution in [1.82, 2.24) is 0 Å². The molecule has 1 rings (SSSR count). The van der Waals surface area contributed by atoms with Crippen LogP contribution in [0.4, 0.5) is 0 Å². The van der Waals surface area contributed by atoms with Crippen molar-refractivity contribution < 1.29 is 0 Å². The Morgan fingerprint density at radius 3 is 2.40 bits per heavy atom. The van der Waals surface area contributed by atoms with Crippen molar-refractivity contribution in [3.63, 3.8) is 0 Å². The second-order valence-corrected chi connectivity index (χ2v) is 2.69. The lowest BCUT2D eigenvalue weighted by atomic mass is 10.1. The van der Waals surface area contributed by atoms with Crippen LogP contribution in [0.5, 0.6) is 0 Å². The van der Waals surface area contributed by atoms with Gasteiger partial charge in [-0.3, -0.25) is 0 Å². The zero-order valence-electron chi connectivity index (χ0n) is 6.00. The van der Waals surface area contributed by atoms with Gasteiger partial charge in [-0.15, -0.1) is 0 Å². The van der Waals surface area contributed by atoms with Crippen molar-refractivity contribution in [1.29, 1.82) is 0 Å². The van der Waals surface area contributed by atoms with Crippen molar-refractivity contribution in [3.8, 4) is 0 Å². The first kappa shape index (κ1) is 7.42. The molecule has 0 fully saturated rings. The van der Waals surface area contributed by atoms with Crippen LogP contribution in [-0.2, 0) is 6.42 Å². The minimum atomic E-state index is 0.898. The molecule has 0 saturated heterocycles. The van der Waals surface area contributed by atoms with E-state index in [4.69, 9.17) is 12.2 Å². The summed E-state index contributed by atoms with van der Waals surface area (Å²) in [5.74, 6) is 0. The van der Waals surface area contributed by atoms with E-state index < -0.39 is 0 Å². The van der Waals surface area contributed by atoms with Gasteiger partial charge in [0.25, 0.3) is 0 Å². The fraction of sp³-hybridized carbons (Fsp3) is 0.222. The van der Waals surface area contributed by atoms with Crippen molar-refractivity contribution in [2.45, 2.75) is 13.3 Å². The minimum absolute atomic E-state index is 0.898. The van der Waals surface area contributed by atoms with Gasteiger partial charge in [0, 0.05) is 6.42 Å². The summed E-state index contributed by atoms with van der Waals surface area (Å²) in [6, 6.07) is 8.43. The number of thiocarbonyl (C=S) groups is 1. The van der Waals surface area contributed by atoms with Gasteiger partial charge in [-0.25, -0.2) is 0 Å². The molecule has 0 unspecified atom stereocenters. The number of rotatable bonds is 2. The van der Waals surface area contributed by atoms with Gasteiger partial charge in [0.15, 0.2) is 0 Å². The molecule has 0 aliphatic rings. The Hall–Kier alpha value is -0.690. The monoisotopic (exact) mass is 150 g/mol. The third-order valence-corrected chi connectivity index (χ3v) is 1.61. The molecule has 0 aromatic heterocycles. The lowest BCUT2D eigenvalue weighted by Crippen LogP contribution is -1.82. The second kappa shape index (κ2) is 3.47. The van der Waals surface area contributed by atoms with E-state index in [-0.39, 0.29) is 0 Å². The van der Waals surface area contributed by atoms with Crippen LogP contribution >= 0.6 is 12.2 Å². The number of hydrogen-bond donors (Lipinski definition) is 0. The number of hydrogen-bond acceptors (Lipinski definition) is 1. The van der Waals surface area contributed by atoms with E-state index >= 15 is 0 Å². The lowest BCUT2D eigenvalue weighted by Gasteiger charge is -1.94. The second-order valence-electron chi connectivity index (χ2n) is 2.36. The molecular weight excluding hydrogens is 140 g/mol. The molecule has 0 heterocycles. The normalized spacial score (nSPS) is 9.30. The van der Waals surface area contributed by atoms with Gasteiger partial charge < -0.3 is 0 Å². The molecule has 0 N–H and O–H groups in total. The summed E-state index contributed by atoms with van der Waals surface area (Å²) in [7, 11) is 0. The highest BCUT2D eigenvalue weighted by Gasteiger charge is 1.86. The van der Waals surface area contributed by atoms with E-state index in [0.717, 1.165) is 6.42 Å². The molecule has 0 saturated carbocycles. The molecule has 1 aromatic rings. The summed E-state index contributed by atoms with van der Waals surface area (Å²) < 4.78 is 0. The van der Waals surface area contributed by atoms with Gasteiger partial charge in [-0.05, 0) is 17.9 Å².